The number of hydrogen-bond acceptors (Lipinski definition) is 4. The summed E-state index contributed by atoms with van der Waals surface area (Å²) in [5, 5.41) is 3.05. The first-order valence-electron chi connectivity index (χ1n) is 6.67. The van der Waals surface area contributed by atoms with Gasteiger partial charge >= 0.3 is 0 Å². The van der Waals surface area contributed by atoms with E-state index in [-0.39, 0.29) is 5.91 Å². The Morgan fingerprint density at radius 2 is 2.00 bits per heavy atom. The minimum atomic E-state index is -0.696. The zero-order chi connectivity index (χ0) is 13.6. The molecule has 0 aromatic rings. The summed E-state index contributed by atoms with van der Waals surface area (Å²) in [5.41, 5.74) is 4.79. The molecule has 0 bridgehead atoms. The number of nitrogens with two attached hydrogens (primary N) is 1. The number of nitrogens with one attached hydrogen (secondary N) is 1. The van der Waals surface area contributed by atoms with Gasteiger partial charge in [-0.15, -0.1) is 0 Å². The highest BCUT2D eigenvalue weighted by molar-refractivity contribution is 5.85. The van der Waals surface area contributed by atoms with Gasteiger partial charge in [0.15, 0.2) is 0 Å². The monoisotopic (exact) mass is 258 g/mol. The Labute approximate surface area is 109 Å². The van der Waals surface area contributed by atoms with Crippen molar-refractivity contribution in [1.29, 1.82) is 0 Å². The molecule has 0 aromatic heterocycles. The number of hydrogen-bond donors (Lipinski definition) is 2. The van der Waals surface area contributed by atoms with E-state index in [0.717, 1.165) is 19.4 Å². The molecular formula is C13H26N2O3. The molecule has 1 saturated carbocycles. The van der Waals surface area contributed by atoms with Gasteiger partial charge in [-0.3, -0.25) is 4.79 Å². The summed E-state index contributed by atoms with van der Waals surface area (Å²) in [6, 6.07) is 0. The van der Waals surface area contributed by atoms with Crippen molar-refractivity contribution in [2.24, 2.45) is 17.6 Å². The fourth-order valence-corrected chi connectivity index (χ4v) is 2.04. The highest BCUT2D eigenvalue weighted by atomic mass is 16.5. The molecule has 0 radical (unpaired) electrons. The van der Waals surface area contributed by atoms with Gasteiger partial charge in [0, 0.05) is 6.61 Å². The van der Waals surface area contributed by atoms with Gasteiger partial charge in [-0.1, -0.05) is 13.8 Å². The second-order valence-corrected chi connectivity index (χ2v) is 5.38. The predicted octanol–water partition coefficient (Wildman–Crippen LogP) is 0.529. The Morgan fingerprint density at radius 1 is 1.39 bits per heavy atom. The highest BCUT2D eigenvalue weighted by Crippen LogP contribution is 2.39. The minimum Gasteiger partial charge on any atom is -0.379 e. The quantitative estimate of drug-likeness (QED) is 0.561. The topological polar surface area (TPSA) is 73.6 Å². The first kappa shape index (κ1) is 15.4. The second-order valence-electron chi connectivity index (χ2n) is 5.38. The third kappa shape index (κ3) is 4.23. The van der Waals surface area contributed by atoms with Crippen molar-refractivity contribution in [3.8, 4) is 0 Å². The summed E-state index contributed by atoms with van der Waals surface area (Å²) < 4.78 is 11.0. The summed E-state index contributed by atoms with van der Waals surface area (Å²) >= 11 is 0. The second kappa shape index (κ2) is 7.07. The molecule has 1 aliphatic carbocycles. The summed E-state index contributed by atoms with van der Waals surface area (Å²) in [6.45, 7) is 6.32. The van der Waals surface area contributed by atoms with Gasteiger partial charge in [-0.2, -0.15) is 0 Å². The van der Waals surface area contributed by atoms with Crippen molar-refractivity contribution in [2.45, 2.75) is 32.2 Å². The number of carbonyl (C=O) groups excluding carboxylic acids is 1. The molecule has 1 unspecified atom stereocenters. The van der Waals surface area contributed by atoms with Gasteiger partial charge < -0.3 is 20.5 Å². The van der Waals surface area contributed by atoms with E-state index in [1.165, 1.54) is 0 Å². The molecule has 0 heterocycles. The first-order valence-corrected chi connectivity index (χ1v) is 6.67. The van der Waals surface area contributed by atoms with Gasteiger partial charge in [-0.05, 0) is 31.7 Å². The molecular weight excluding hydrogens is 232 g/mol. The van der Waals surface area contributed by atoms with Crippen LogP contribution in [0.1, 0.15) is 26.7 Å². The summed E-state index contributed by atoms with van der Waals surface area (Å²) in [6.07, 6.45) is 2.08. The van der Waals surface area contributed by atoms with Crippen LogP contribution in [0.15, 0.2) is 0 Å². The number of amides is 1. The van der Waals surface area contributed by atoms with Crippen LogP contribution in [0.25, 0.3) is 0 Å². The lowest BCUT2D eigenvalue weighted by molar-refractivity contribution is -0.128. The van der Waals surface area contributed by atoms with E-state index in [2.05, 4.69) is 19.2 Å². The van der Waals surface area contributed by atoms with E-state index in [1.807, 2.05) is 0 Å². The number of ether oxygens (including phenoxy) is 2. The molecule has 1 rings (SSSR count). The van der Waals surface area contributed by atoms with Crippen LogP contribution in [0.5, 0.6) is 0 Å². The molecule has 106 valence electrons. The summed E-state index contributed by atoms with van der Waals surface area (Å²) in [4.78, 5) is 11.6. The molecule has 0 aliphatic heterocycles. The number of primary amides is 1. The fraction of sp³-hybridized carbons (Fsp3) is 0.923. The van der Waals surface area contributed by atoms with Crippen molar-refractivity contribution in [1.82, 2.24) is 5.32 Å². The summed E-state index contributed by atoms with van der Waals surface area (Å²) in [7, 11) is 1.77. The van der Waals surface area contributed by atoms with Crippen molar-refractivity contribution in [2.75, 3.05) is 33.5 Å². The van der Waals surface area contributed by atoms with Gasteiger partial charge in [0.1, 0.15) is 5.54 Å². The minimum absolute atomic E-state index is 0.316. The maximum Gasteiger partial charge on any atom is 0.240 e. The van der Waals surface area contributed by atoms with Crippen LogP contribution in [0.3, 0.4) is 0 Å². The van der Waals surface area contributed by atoms with E-state index in [4.69, 9.17) is 15.2 Å². The van der Waals surface area contributed by atoms with E-state index in [9.17, 15) is 4.79 Å². The Morgan fingerprint density at radius 3 is 2.44 bits per heavy atom. The normalized spacial score (nSPS) is 18.9. The summed E-state index contributed by atoms with van der Waals surface area (Å²) in [5.74, 6) is 0.519. The molecule has 0 spiro atoms. The van der Waals surface area contributed by atoms with Crippen LogP contribution in [-0.4, -0.2) is 44.9 Å². The predicted molar refractivity (Wildman–Crippen MR) is 70.2 cm³/mol. The van der Waals surface area contributed by atoms with E-state index in [1.54, 1.807) is 7.05 Å². The Balaban J connectivity index is 2.24. The molecule has 1 amide bonds. The van der Waals surface area contributed by atoms with Crippen LogP contribution >= 0.6 is 0 Å². The molecule has 1 atom stereocenters. The Bertz CT molecular complexity index is 267. The Kier molecular flexibility index (Phi) is 6.05. The zero-order valence-corrected chi connectivity index (χ0v) is 11.7. The third-order valence-electron chi connectivity index (χ3n) is 3.31. The number of rotatable bonds is 10. The highest BCUT2D eigenvalue weighted by Gasteiger charge is 2.49. The van der Waals surface area contributed by atoms with Crippen LogP contribution in [0, 0.1) is 11.8 Å². The molecule has 1 fully saturated rings. The van der Waals surface area contributed by atoms with Crippen LogP contribution in [0.4, 0.5) is 0 Å². The molecule has 3 N–H and O–H groups in total. The average molecular weight is 258 g/mol. The van der Waals surface area contributed by atoms with E-state index >= 15 is 0 Å². The standard InChI is InChI=1S/C13H26N2O3/c1-10(2)8-17-6-7-18-9-13(15-3,12(14)16)11-4-5-11/h10-11,15H,4-9H2,1-3H3,(H2,14,16). The average Bonchev–Trinajstić information content (AvgIpc) is 3.12. The van der Waals surface area contributed by atoms with Crippen molar-refractivity contribution < 1.29 is 14.3 Å². The zero-order valence-electron chi connectivity index (χ0n) is 11.7. The molecule has 0 saturated heterocycles. The van der Waals surface area contributed by atoms with Crippen LogP contribution in [0.2, 0.25) is 0 Å². The van der Waals surface area contributed by atoms with Gasteiger partial charge in [-0.25, -0.2) is 0 Å². The Hall–Kier alpha value is -0.650. The van der Waals surface area contributed by atoms with Crippen LogP contribution in [-0.2, 0) is 14.3 Å². The van der Waals surface area contributed by atoms with Gasteiger partial charge in [0.2, 0.25) is 5.91 Å². The first-order chi connectivity index (χ1) is 8.53. The molecule has 5 heteroatoms. The maximum atomic E-state index is 11.6. The van der Waals surface area contributed by atoms with E-state index < -0.39 is 5.54 Å². The SMILES string of the molecule is CNC(COCCOCC(C)C)(C(N)=O)C1CC1. The lowest BCUT2D eigenvalue weighted by Crippen LogP contribution is -2.59. The van der Waals surface area contributed by atoms with Crippen molar-refractivity contribution >= 4 is 5.91 Å². The molecule has 18 heavy (non-hydrogen) atoms. The lowest BCUT2D eigenvalue weighted by Gasteiger charge is -2.30. The number of likely N-dealkylation sites (N-methyl/N-ethyl adjacent to an activating group) is 1. The smallest absolute Gasteiger partial charge is 0.240 e. The van der Waals surface area contributed by atoms with Gasteiger partial charge in [0.25, 0.3) is 0 Å². The fourth-order valence-electron chi connectivity index (χ4n) is 2.04. The third-order valence-corrected chi connectivity index (χ3v) is 3.31. The lowest BCUT2D eigenvalue weighted by atomic mass is 9.93. The van der Waals surface area contributed by atoms with Crippen LogP contribution < -0.4 is 11.1 Å². The van der Waals surface area contributed by atoms with E-state index in [0.29, 0.717) is 31.7 Å². The molecule has 0 aromatic carbocycles. The van der Waals surface area contributed by atoms with Crippen molar-refractivity contribution in [3.05, 3.63) is 0 Å². The maximum absolute atomic E-state index is 11.6. The molecule has 1 aliphatic rings. The van der Waals surface area contributed by atoms with Gasteiger partial charge in [0.05, 0.1) is 19.8 Å². The molecule has 5 nitrogen and oxygen atoms in total. The largest absolute Gasteiger partial charge is 0.379 e. The number of carbonyl (C=O) groups is 1. The van der Waals surface area contributed by atoms with Crippen molar-refractivity contribution in [3.63, 3.8) is 0 Å².